The van der Waals surface area contributed by atoms with Gasteiger partial charge in [-0.05, 0) is 25.7 Å². The maximum Gasteiger partial charge on any atom is 0.308 e. The number of rotatable bonds is 13. The molecule has 0 spiro atoms. The Morgan fingerprint density at radius 2 is 1.73 bits per heavy atom. The average Bonchev–Trinajstić information content (AvgIpc) is 2.51. The van der Waals surface area contributed by atoms with Crippen LogP contribution in [0.2, 0.25) is 0 Å². The Morgan fingerprint density at radius 1 is 1.05 bits per heavy atom. The number of esters is 2. The molecule has 0 aliphatic rings. The molecule has 0 fully saturated rings. The van der Waals surface area contributed by atoms with Gasteiger partial charge in [-0.3, -0.25) is 9.59 Å². The van der Waals surface area contributed by atoms with Gasteiger partial charge in [0.1, 0.15) is 12.7 Å². The van der Waals surface area contributed by atoms with E-state index in [0.717, 1.165) is 25.7 Å². The fourth-order valence-corrected chi connectivity index (χ4v) is 1.52. The summed E-state index contributed by atoms with van der Waals surface area (Å²) in [6, 6.07) is 0. The summed E-state index contributed by atoms with van der Waals surface area (Å²) in [5.41, 5.74) is 0. The molecule has 0 radical (unpaired) electrons. The second-order valence-corrected chi connectivity index (χ2v) is 5.35. The van der Waals surface area contributed by atoms with Crippen LogP contribution >= 0.6 is 0 Å². The molecule has 1 N–H and O–H groups in total. The lowest BCUT2D eigenvalue weighted by atomic mass is 10.1. The summed E-state index contributed by atoms with van der Waals surface area (Å²) in [6.45, 7) is 6.65. The summed E-state index contributed by atoms with van der Waals surface area (Å²) in [7, 11) is 0. The molecule has 2 unspecified atom stereocenters. The van der Waals surface area contributed by atoms with Crippen molar-refractivity contribution in [3.05, 3.63) is 0 Å². The van der Waals surface area contributed by atoms with Crippen molar-refractivity contribution in [2.24, 2.45) is 5.92 Å². The SMILES string of the molecule is CCCC(=O)OCC(O)COCCCCOC(=O)C(C)CC. The van der Waals surface area contributed by atoms with Gasteiger partial charge in [0.05, 0.1) is 19.1 Å². The third-order valence-electron chi connectivity index (χ3n) is 3.14. The minimum Gasteiger partial charge on any atom is -0.465 e. The minimum atomic E-state index is -0.802. The van der Waals surface area contributed by atoms with Crippen molar-refractivity contribution < 1.29 is 28.9 Å². The van der Waals surface area contributed by atoms with Crippen LogP contribution in [0.4, 0.5) is 0 Å². The summed E-state index contributed by atoms with van der Waals surface area (Å²) < 4.78 is 15.3. The van der Waals surface area contributed by atoms with Crippen molar-refractivity contribution in [1.82, 2.24) is 0 Å². The van der Waals surface area contributed by atoms with Crippen LogP contribution < -0.4 is 0 Å². The highest BCUT2D eigenvalue weighted by molar-refractivity contribution is 5.71. The van der Waals surface area contributed by atoms with Gasteiger partial charge < -0.3 is 19.3 Å². The topological polar surface area (TPSA) is 82.1 Å². The first kappa shape index (κ1) is 20.9. The quantitative estimate of drug-likeness (QED) is 0.413. The van der Waals surface area contributed by atoms with Gasteiger partial charge in [-0.25, -0.2) is 0 Å². The van der Waals surface area contributed by atoms with E-state index in [-0.39, 0.29) is 31.1 Å². The molecule has 6 heteroatoms. The van der Waals surface area contributed by atoms with Crippen LogP contribution in [0.15, 0.2) is 0 Å². The van der Waals surface area contributed by atoms with Crippen molar-refractivity contribution in [1.29, 1.82) is 0 Å². The number of aliphatic hydroxyl groups is 1. The second-order valence-electron chi connectivity index (χ2n) is 5.35. The molecule has 0 aromatic carbocycles. The number of hydrogen-bond donors (Lipinski definition) is 1. The molecular formula is C16H30O6. The fraction of sp³-hybridized carbons (Fsp3) is 0.875. The molecule has 0 amide bonds. The molecule has 6 nitrogen and oxygen atoms in total. The van der Waals surface area contributed by atoms with E-state index >= 15 is 0 Å². The van der Waals surface area contributed by atoms with Crippen molar-refractivity contribution in [3.8, 4) is 0 Å². The fourth-order valence-electron chi connectivity index (χ4n) is 1.52. The highest BCUT2D eigenvalue weighted by Gasteiger charge is 2.11. The average molecular weight is 318 g/mol. The Kier molecular flexibility index (Phi) is 12.8. The largest absolute Gasteiger partial charge is 0.465 e. The summed E-state index contributed by atoms with van der Waals surface area (Å²) >= 11 is 0. The van der Waals surface area contributed by atoms with Crippen molar-refractivity contribution >= 4 is 11.9 Å². The van der Waals surface area contributed by atoms with Gasteiger partial charge in [-0.2, -0.15) is 0 Å². The molecule has 2 atom stereocenters. The smallest absolute Gasteiger partial charge is 0.308 e. The Hall–Kier alpha value is -1.14. The van der Waals surface area contributed by atoms with Crippen LogP contribution in [0.5, 0.6) is 0 Å². The Morgan fingerprint density at radius 3 is 2.36 bits per heavy atom. The number of hydrogen-bond acceptors (Lipinski definition) is 6. The van der Waals surface area contributed by atoms with Crippen molar-refractivity contribution in [3.63, 3.8) is 0 Å². The van der Waals surface area contributed by atoms with E-state index in [0.29, 0.717) is 19.6 Å². The number of unbranched alkanes of at least 4 members (excludes halogenated alkanes) is 1. The van der Waals surface area contributed by atoms with Gasteiger partial charge in [0.2, 0.25) is 0 Å². The summed E-state index contributed by atoms with van der Waals surface area (Å²) in [5.74, 6) is -0.515. The zero-order valence-corrected chi connectivity index (χ0v) is 14.0. The predicted octanol–water partition coefficient (Wildman–Crippen LogP) is 2.08. The zero-order chi connectivity index (χ0) is 16.8. The molecule has 0 aromatic rings. The lowest BCUT2D eigenvalue weighted by Crippen LogP contribution is -2.24. The Bertz CT molecular complexity index is 305. The van der Waals surface area contributed by atoms with Gasteiger partial charge in [0.15, 0.2) is 0 Å². The zero-order valence-electron chi connectivity index (χ0n) is 14.0. The van der Waals surface area contributed by atoms with Gasteiger partial charge in [-0.15, -0.1) is 0 Å². The van der Waals surface area contributed by atoms with Gasteiger partial charge in [-0.1, -0.05) is 20.8 Å². The standard InChI is InChI=1S/C16H30O6/c1-4-8-15(18)22-12-14(17)11-20-9-6-7-10-21-16(19)13(3)5-2/h13-14,17H,4-12H2,1-3H3. The molecule has 0 aliphatic heterocycles. The third-order valence-corrected chi connectivity index (χ3v) is 3.14. The van der Waals surface area contributed by atoms with Crippen LogP contribution in [0, 0.1) is 5.92 Å². The van der Waals surface area contributed by atoms with Crippen molar-refractivity contribution in [2.75, 3.05) is 26.4 Å². The molecule has 0 bridgehead atoms. The Balaban J connectivity index is 3.42. The van der Waals surface area contributed by atoms with Crippen LogP contribution in [-0.4, -0.2) is 49.6 Å². The highest BCUT2D eigenvalue weighted by Crippen LogP contribution is 2.04. The van der Waals surface area contributed by atoms with Crippen LogP contribution in [0.3, 0.4) is 0 Å². The first-order valence-electron chi connectivity index (χ1n) is 8.09. The predicted molar refractivity (Wildman–Crippen MR) is 82.3 cm³/mol. The van der Waals surface area contributed by atoms with E-state index in [4.69, 9.17) is 14.2 Å². The van der Waals surface area contributed by atoms with Gasteiger partial charge in [0.25, 0.3) is 0 Å². The summed E-state index contributed by atoms with van der Waals surface area (Å²) in [4.78, 5) is 22.5. The van der Waals surface area contributed by atoms with E-state index in [2.05, 4.69) is 0 Å². The molecule has 0 saturated carbocycles. The molecule has 0 aliphatic carbocycles. The highest BCUT2D eigenvalue weighted by atomic mass is 16.5. The summed E-state index contributed by atoms with van der Waals surface area (Å²) in [5, 5.41) is 9.56. The lowest BCUT2D eigenvalue weighted by Gasteiger charge is -2.12. The number of aliphatic hydroxyl groups excluding tert-OH is 1. The van der Waals surface area contributed by atoms with Crippen LogP contribution in [0.25, 0.3) is 0 Å². The number of carbonyl (C=O) groups excluding carboxylic acids is 2. The monoisotopic (exact) mass is 318 g/mol. The molecule has 0 saturated heterocycles. The molecular weight excluding hydrogens is 288 g/mol. The number of carbonyl (C=O) groups is 2. The van der Waals surface area contributed by atoms with Crippen LogP contribution in [0.1, 0.15) is 52.9 Å². The van der Waals surface area contributed by atoms with E-state index in [1.54, 1.807) is 0 Å². The first-order valence-corrected chi connectivity index (χ1v) is 8.09. The van der Waals surface area contributed by atoms with E-state index in [1.807, 2.05) is 20.8 Å². The van der Waals surface area contributed by atoms with Crippen LogP contribution in [-0.2, 0) is 23.8 Å². The first-order chi connectivity index (χ1) is 10.5. The second kappa shape index (κ2) is 13.5. The van der Waals surface area contributed by atoms with E-state index in [1.165, 1.54) is 0 Å². The van der Waals surface area contributed by atoms with E-state index in [9.17, 15) is 14.7 Å². The Labute approximate surface area is 133 Å². The maximum absolute atomic E-state index is 11.4. The maximum atomic E-state index is 11.4. The third kappa shape index (κ3) is 11.5. The molecule has 130 valence electrons. The molecule has 22 heavy (non-hydrogen) atoms. The lowest BCUT2D eigenvalue weighted by molar-refractivity contribution is -0.149. The van der Waals surface area contributed by atoms with Gasteiger partial charge >= 0.3 is 11.9 Å². The van der Waals surface area contributed by atoms with E-state index < -0.39 is 6.10 Å². The molecule has 0 rings (SSSR count). The number of ether oxygens (including phenoxy) is 3. The molecule has 0 aromatic heterocycles. The normalized spacial score (nSPS) is 13.5. The van der Waals surface area contributed by atoms with Crippen molar-refractivity contribution in [2.45, 2.75) is 59.0 Å². The minimum absolute atomic E-state index is 0.0364. The molecule has 0 heterocycles. The van der Waals surface area contributed by atoms with Gasteiger partial charge in [0, 0.05) is 13.0 Å². The summed E-state index contributed by atoms with van der Waals surface area (Å²) in [6.07, 6.45) is 2.54.